The van der Waals surface area contributed by atoms with Gasteiger partial charge < -0.3 is 4.74 Å². The Morgan fingerprint density at radius 3 is 2.83 bits per heavy atom. The third-order valence-corrected chi connectivity index (χ3v) is 5.48. The van der Waals surface area contributed by atoms with Crippen molar-refractivity contribution in [1.82, 2.24) is 10.3 Å². The molecular formula is C16H13ClN2O3S2. The van der Waals surface area contributed by atoms with Crippen LogP contribution in [0.25, 0.3) is 6.08 Å². The molecule has 1 fully saturated rings. The smallest absolute Gasteiger partial charge is 0.290 e. The molecule has 8 heteroatoms. The number of hydrogen-bond acceptors (Lipinski definition) is 6. The zero-order valence-electron chi connectivity index (χ0n) is 12.7. The number of imide groups is 1. The van der Waals surface area contributed by atoms with Crippen molar-refractivity contribution in [1.29, 1.82) is 0 Å². The first-order valence-corrected chi connectivity index (χ1v) is 9.16. The maximum Gasteiger partial charge on any atom is 0.290 e. The first kappa shape index (κ1) is 17.0. The van der Waals surface area contributed by atoms with Crippen LogP contribution in [0.5, 0.6) is 5.75 Å². The van der Waals surface area contributed by atoms with Crippen LogP contribution in [0.15, 0.2) is 28.6 Å². The summed E-state index contributed by atoms with van der Waals surface area (Å²) in [5.74, 6) is 0.255. The van der Waals surface area contributed by atoms with Crippen molar-refractivity contribution in [2.24, 2.45) is 0 Å². The molecular weight excluding hydrogens is 368 g/mol. The van der Waals surface area contributed by atoms with Gasteiger partial charge in [0.05, 0.1) is 27.7 Å². The van der Waals surface area contributed by atoms with E-state index in [-0.39, 0.29) is 5.24 Å². The molecule has 1 N–H and O–H groups in total. The van der Waals surface area contributed by atoms with Crippen LogP contribution in [0.1, 0.15) is 16.1 Å². The van der Waals surface area contributed by atoms with Crippen molar-refractivity contribution in [2.45, 2.75) is 13.3 Å². The van der Waals surface area contributed by atoms with Gasteiger partial charge in [0.1, 0.15) is 5.75 Å². The molecule has 0 radical (unpaired) electrons. The largest absolute Gasteiger partial charge is 0.493 e. The summed E-state index contributed by atoms with van der Waals surface area (Å²) in [5.41, 5.74) is 3.52. The third kappa shape index (κ3) is 3.98. The van der Waals surface area contributed by atoms with E-state index in [4.69, 9.17) is 16.3 Å². The Kier molecular flexibility index (Phi) is 5.23. The van der Waals surface area contributed by atoms with Crippen LogP contribution in [0.3, 0.4) is 0 Å². The van der Waals surface area contributed by atoms with Crippen LogP contribution < -0.4 is 10.1 Å². The molecule has 2 heterocycles. The Hall–Kier alpha value is -1.83. The van der Waals surface area contributed by atoms with Gasteiger partial charge in [-0.2, -0.15) is 0 Å². The molecule has 124 valence electrons. The second-order valence-electron chi connectivity index (χ2n) is 4.99. The third-order valence-electron chi connectivity index (χ3n) is 3.34. The zero-order valence-corrected chi connectivity index (χ0v) is 15.1. The number of halogens is 1. The average Bonchev–Trinajstić information content (AvgIpc) is 3.07. The molecule has 2 amide bonds. The number of hydrogen-bond donors (Lipinski definition) is 1. The van der Waals surface area contributed by atoms with Crippen LogP contribution >= 0.6 is 34.7 Å². The standard InChI is InChI=1S/C16H13ClN2O3S2/c1-9-13(23-8-18-9)4-5-22-11-3-2-10(12(17)7-11)6-14-15(20)19-16(21)24-14/h2-3,6-8H,4-5H2,1H3,(H,19,20,21)/b14-6-. The van der Waals surface area contributed by atoms with Gasteiger partial charge in [-0.15, -0.1) is 11.3 Å². The number of ether oxygens (including phenoxy) is 1. The van der Waals surface area contributed by atoms with Gasteiger partial charge in [0.15, 0.2) is 0 Å². The number of carbonyl (C=O) groups excluding carboxylic acids is 2. The summed E-state index contributed by atoms with van der Waals surface area (Å²) < 4.78 is 5.71. The highest BCUT2D eigenvalue weighted by molar-refractivity contribution is 8.18. The molecule has 0 unspecified atom stereocenters. The van der Waals surface area contributed by atoms with E-state index in [1.54, 1.807) is 35.6 Å². The molecule has 24 heavy (non-hydrogen) atoms. The Balaban J connectivity index is 1.64. The van der Waals surface area contributed by atoms with Gasteiger partial charge in [-0.25, -0.2) is 4.98 Å². The SMILES string of the molecule is Cc1ncsc1CCOc1ccc(/C=C2\SC(=O)NC2=O)c(Cl)c1. The fourth-order valence-electron chi connectivity index (χ4n) is 2.10. The molecule has 0 spiro atoms. The van der Waals surface area contributed by atoms with Crippen molar-refractivity contribution in [3.8, 4) is 5.75 Å². The summed E-state index contributed by atoms with van der Waals surface area (Å²) in [7, 11) is 0. The van der Waals surface area contributed by atoms with Crippen molar-refractivity contribution in [2.75, 3.05) is 6.61 Å². The van der Waals surface area contributed by atoms with Crippen molar-refractivity contribution in [3.63, 3.8) is 0 Å². The molecule has 2 aromatic rings. The number of aromatic nitrogens is 1. The second-order valence-corrected chi connectivity index (χ2v) is 7.36. The average molecular weight is 381 g/mol. The molecule has 1 aromatic heterocycles. The predicted molar refractivity (Wildman–Crippen MR) is 96.6 cm³/mol. The molecule has 0 saturated carbocycles. The lowest BCUT2D eigenvalue weighted by Gasteiger charge is -2.07. The van der Waals surface area contributed by atoms with Gasteiger partial charge in [0.2, 0.25) is 0 Å². The second kappa shape index (κ2) is 7.38. The van der Waals surface area contributed by atoms with Gasteiger partial charge in [0, 0.05) is 11.3 Å². The monoisotopic (exact) mass is 380 g/mol. The number of carbonyl (C=O) groups is 2. The minimum atomic E-state index is -0.402. The van der Waals surface area contributed by atoms with Gasteiger partial charge >= 0.3 is 0 Å². The van der Waals surface area contributed by atoms with Crippen molar-refractivity contribution < 1.29 is 14.3 Å². The van der Waals surface area contributed by atoms with E-state index in [1.807, 2.05) is 12.4 Å². The number of benzene rings is 1. The minimum Gasteiger partial charge on any atom is -0.493 e. The number of thioether (sulfide) groups is 1. The van der Waals surface area contributed by atoms with Gasteiger partial charge in [-0.1, -0.05) is 11.6 Å². The predicted octanol–water partition coefficient (Wildman–Crippen LogP) is 4.05. The normalized spacial score (nSPS) is 15.8. The van der Waals surface area contributed by atoms with E-state index < -0.39 is 5.91 Å². The lowest BCUT2D eigenvalue weighted by molar-refractivity contribution is -0.115. The first-order valence-electron chi connectivity index (χ1n) is 7.09. The number of nitrogens with one attached hydrogen (secondary N) is 1. The Morgan fingerprint density at radius 1 is 1.38 bits per heavy atom. The number of nitrogens with zero attached hydrogens (tertiary/aromatic N) is 1. The van der Waals surface area contributed by atoms with E-state index in [0.29, 0.717) is 27.8 Å². The number of amides is 2. The molecule has 3 rings (SSSR count). The minimum absolute atomic E-state index is 0.330. The van der Waals surface area contributed by atoms with Crippen LogP contribution in [-0.2, 0) is 11.2 Å². The summed E-state index contributed by atoms with van der Waals surface area (Å²) in [4.78, 5) is 28.5. The zero-order chi connectivity index (χ0) is 17.1. The van der Waals surface area contributed by atoms with E-state index in [2.05, 4.69) is 10.3 Å². The Labute approximate surface area is 152 Å². The fraction of sp³-hybridized carbons (Fsp3) is 0.188. The molecule has 1 aliphatic rings. The quantitative estimate of drug-likeness (QED) is 0.792. The van der Waals surface area contributed by atoms with Crippen LogP contribution in [0, 0.1) is 6.92 Å². The topological polar surface area (TPSA) is 68.3 Å². The van der Waals surface area contributed by atoms with Crippen LogP contribution in [0.2, 0.25) is 5.02 Å². The lowest BCUT2D eigenvalue weighted by atomic mass is 10.2. The highest BCUT2D eigenvalue weighted by Gasteiger charge is 2.25. The molecule has 5 nitrogen and oxygen atoms in total. The van der Waals surface area contributed by atoms with E-state index in [1.165, 1.54) is 4.88 Å². The molecule has 0 atom stereocenters. The van der Waals surface area contributed by atoms with Gasteiger partial charge in [-0.05, 0) is 48.5 Å². The highest BCUT2D eigenvalue weighted by atomic mass is 35.5. The number of rotatable bonds is 5. The maximum absolute atomic E-state index is 11.6. The summed E-state index contributed by atoms with van der Waals surface area (Å²) in [6.45, 7) is 2.51. The van der Waals surface area contributed by atoms with Gasteiger partial charge in [-0.3, -0.25) is 14.9 Å². The van der Waals surface area contributed by atoms with Crippen LogP contribution in [0.4, 0.5) is 4.79 Å². The van der Waals surface area contributed by atoms with Crippen molar-refractivity contribution >= 4 is 51.9 Å². The highest BCUT2D eigenvalue weighted by Crippen LogP contribution is 2.30. The molecule has 1 aliphatic heterocycles. The van der Waals surface area contributed by atoms with E-state index in [9.17, 15) is 9.59 Å². The van der Waals surface area contributed by atoms with Crippen molar-refractivity contribution in [3.05, 3.63) is 49.8 Å². The Bertz CT molecular complexity index is 832. The van der Waals surface area contributed by atoms with E-state index >= 15 is 0 Å². The summed E-state index contributed by atoms with van der Waals surface area (Å²) in [6, 6.07) is 5.25. The molecule has 0 aliphatic carbocycles. The summed E-state index contributed by atoms with van der Waals surface area (Å²) >= 11 is 8.71. The summed E-state index contributed by atoms with van der Waals surface area (Å²) in [6.07, 6.45) is 2.39. The van der Waals surface area contributed by atoms with E-state index in [0.717, 1.165) is 23.9 Å². The molecule has 1 aromatic carbocycles. The van der Waals surface area contributed by atoms with Gasteiger partial charge in [0.25, 0.3) is 11.1 Å². The lowest BCUT2D eigenvalue weighted by Crippen LogP contribution is -2.17. The van der Waals surface area contributed by atoms with Crippen LogP contribution in [-0.4, -0.2) is 22.7 Å². The maximum atomic E-state index is 11.6. The number of thiazole rings is 1. The summed E-state index contributed by atoms with van der Waals surface area (Å²) in [5, 5.41) is 2.29. The molecule has 0 bridgehead atoms. The molecule has 1 saturated heterocycles. The Morgan fingerprint density at radius 2 is 2.21 bits per heavy atom. The first-order chi connectivity index (χ1) is 11.5. The number of aryl methyl sites for hydroxylation is 1. The fourth-order valence-corrected chi connectivity index (χ4v) is 3.77.